The van der Waals surface area contributed by atoms with E-state index in [0.717, 1.165) is 51.3 Å². The average Bonchev–Trinajstić information content (AvgIpc) is 2.47. The molecule has 2 fully saturated rings. The first kappa shape index (κ1) is 17.4. The van der Waals surface area contributed by atoms with E-state index in [1.807, 2.05) is 25.7 Å². The van der Waals surface area contributed by atoms with Gasteiger partial charge in [-0.25, -0.2) is 4.79 Å². The summed E-state index contributed by atoms with van der Waals surface area (Å²) in [6, 6.07) is 1.78. The molecule has 0 bridgehead atoms. The Morgan fingerprint density at radius 3 is 2.58 bits per heavy atom. The number of nitrogens with zero attached hydrogens (tertiary/aromatic N) is 4. The van der Waals surface area contributed by atoms with Gasteiger partial charge < -0.3 is 9.64 Å². The predicted molar refractivity (Wildman–Crippen MR) is 91.8 cm³/mol. The lowest BCUT2D eigenvalue weighted by atomic mass is 9.72. The van der Waals surface area contributed by atoms with Crippen LogP contribution in [0, 0.1) is 5.41 Å². The number of rotatable bonds is 2. The number of carbonyl (C=O) groups excluding carboxylic acids is 1. The minimum absolute atomic E-state index is 0.195. The Morgan fingerprint density at radius 2 is 2.00 bits per heavy atom. The Morgan fingerprint density at radius 1 is 1.33 bits per heavy atom. The molecule has 0 aliphatic carbocycles. The molecule has 3 heterocycles. The molecule has 24 heavy (non-hydrogen) atoms. The number of amides is 1. The van der Waals surface area contributed by atoms with Gasteiger partial charge in [-0.15, -0.1) is 0 Å². The molecule has 0 unspecified atom stereocenters. The number of halogens is 1. The third-order valence-electron chi connectivity index (χ3n) is 4.71. The zero-order chi connectivity index (χ0) is 17.4. The van der Waals surface area contributed by atoms with Crippen LogP contribution in [0.3, 0.4) is 0 Å². The standard InChI is InChI=1S/C17H25ClN4O2/c1-16(2,3)24-15(23)22-8-5-17(6-9-22)11-21(12-17)10-14-13(18)4-7-19-20-14/h4,7H,5-6,8-12H2,1-3H3. The van der Waals surface area contributed by atoms with Crippen LogP contribution in [0.15, 0.2) is 12.3 Å². The molecule has 1 aromatic rings. The Labute approximate surface area is 148 Å². The molecule has 3 rings (SSSR count). The van der Waals surface area contributed by atoms with Crippen molar-refractivity contribution in [2.75, 3.05) is 26.2 Å². The van der Waals surface area contributed by atoms with Crippen LogP contribution >= 0.6 is 11.6 Å². The van der Waals surface area contributed by atoms with E-state index in [9.17, 15) is 4.79 Å². The lowest BCUT2D eigenvalue weighted by Gasteiger charge is -2.54. The van der Waals surface area contributed by atoms with E-state index in [1.54, 1.807) is 12.3 Å². The molecule has 7 heteroatoms. The van der Waals surface area contributed by atoms with Crippen LogP contribution < -0.4 is 0 Å². The molecule has 0 atom stereocenters. The van der Waals surface area contributed by atoms with Crippen molar-refractivity contribution in [3.05, 3.63) is 23.0 Å². The SMILES string of the molecule is CC(C)(C)OC(=O)N1CCC2(CC1)CN(Cc1nnccc1Cl)C2. The number of aromatic nitrogens is 2. The molecule has 0 N–H and O–H groups in total. The summed E-state index contributed by atoms with van der Waals surface area (Å²) in [7, 11) is 0. The highest BCUT2D eigenvalue weighted by atomic mass is 35.5. The zero-order valence-electron chi connectivity index (χ0n) is 14.6. The molecule has 1 spiro atoms. The fourth-order valence-corrected chi connectivity index (χ4v) is 3.64. The normalized spacial score (nSPS) is 20.8. The first-order valence-corrected chi connectivity index (χ1v) is 8.81. The maximum Gasteiger partial charge on any atom is 0.410 e. The number of piperidine rings is 1. The van der Waals surface area contributed by atoms with Gasteiger partial charge >= 0.3 is 6.09 Å². The van der Waals surface area contributed by atoms with Crippen molar-refractivity contribution < 1.29 is 9.53 Å². The molecular weight excluding hydrogens is 328 g/mol. The van der Waals surface area contributed by atoms with Gasteiger partial charge in [0.15, 0.2) is 0 Å². The van der Waals surface area contributed by atoms with Gasteiger partial charge in [0.1, 0.15) is 5.60 Å². The van der Waals surface area contributed by atoms with E-state index in [0.29, 0.717) is 10.4 Å². The third-order valence-corrected chi connectivity index (χ3v) is 5.05. The Kier molecular flexibility index (Phi) is 4.71. The Bertz CT molecular complexity index is 601. The lowest BCUT2D eigenvalue weighted by Crippen LogP contribution is -2.60. The van der Waals surface area contributed by atoms with E-state index in [1.165, 1.54) is 0 Å². The van der Waals surface area contributed by atoms with Crippen molar-refractivity contribution in [3.63, 3.8) is 0 Å². The largest absolute Gasteiger partial charge is 0.444 e. The highest BCUT2D eigenvalue weighted by molar-refractivity contribution is 6.31. The van der Waals surface area contributed by atoms with Crippen LogP contribution in [0.25, 0.3) is 0 Å². The van der Waals surface area contributed by atoms with Gasteiger partial charge in [0.05, 0.1) is 16.9 Å². The van der Waals surface area contributed by atoms with Crippen molar-refractivity contribution in [1.82, 2.24) is 20.0 Å². The predicted octanol–water partition coefficient (Wildman–Crippen LogP) is 2.96. The van der Waals surface area contributed by atoms with Crippen molar-refractivity contribution in [3.8, 4) is 0 Å². The molecule has 132 valence electrons. The highest BCUT2D eigenvalue weighted by Gasteiger charge is 2.45. The van der Waals surface area contributed by atoms with Gasteiger partial charge in [-0.1, -0.05) is 11.6 Å². The third kappa shape index (κ3) is 3.98. The summed E-state index contributed by atoms with van der Waals surface area (Å²) in [6.45, 7) is 10.0. The van der Waals surface area contributed by atoms with E-state index in [-0.39, 0.29) is 6.09 Å². The zero-order valence-corrected chi connectivity index (χ0v) is 15.3. The second-order valence-corrected chi connectivity index (χ2v) is 8.35. The van der Waals surface area contributed by atoms with Crippen LogP contribution in [-0.2, 0) is 11.3 Å². The summed E-state index contributed by atoms with van der Waals surface area (Å²) in [4.78, 5) is 16.3. The first-order valence-electron chi connectivity index (χ1n) is 8.43. The smallest absolute Gasteiger partial charge is 0.410 e. The van der Waals surface area contributed by atoms with E-state index >= 15 is 0 Å². The topological polar surface area (TPSA) is 58.6 Å². The van der Waals surface area contributed by atoms with Gasteiger partial charge in [0, 0.05) is 32.7 Å². The van der Waals surface area contributed by atoms with Gasteiger partial charge in [0.25, 0.3) is 0 Å². The molecule has 1 aromatic heterocycles. The van der Waals surface area contributed by atoms with Gasteiger partial charge in [-0.05, 0) is 45.1 Å². The lowest BCUT2D eigenvalue weighted by molar-refractivity contribution is -0.0556. The second-order valence-electron chi connectivity index (χ2n) is 7.94. The van der Waals surface area contributed by atoms with Crippen molar-refractivity contribution in [1.29, 1.82) is 0 Å². The maximum absolute atomic E-state index is 12.1. The fraction of sp³-hybridized carbons (Fsp3) is 0.706. The quantitative estimate of drug-likeness (QED) is 0.819. The molecular formula is C17H25ClN4O2. The van der Waals surface area contributed by atoms with Gasteiger partial charge in [-0.3, -0.25) is 4.90 Å². The minimum Gasteiger partial charge on any atom is -0.444 e. The maximum atomic E-state index is 12.1. The van der Waals surface area contributed by atoms with E-state index in [4.69, 9.17) is 16.3 Å². The van der Waals surface area contributed by atoms with Crippen LogP contribution in [0.5, 0.6) is 0 Å². The van der Waals surface area contributed by atoms with Gasteiger partial charge in [0.2, 0.25) is 0 Å². The van der Waals surface area contributed by atoms with Crippen LogP contribution in [0.1, 0.15) is 39.3 Å². The number of ether oxygens (including phenoxy) is 1. The number of hydrogen-bond acceptors (Lipinski definition) is 5. The summed E-state index contributed by atoms with van der Waals surface area (Å²) < 4.78 is 5.46. The fourth-order valence-electron chi connectivity index (χ4n) is 3.49. The van der Waals surface area contributed by atoms with E-state index < -0.39 is 5.60 Å². The Hall–Kier alpha value is -1.40. The molecule has 0 radical (unpaired) electrons. The van der Waals surface area contributed by atoms with Crippen LogP contribution in [-0.4, -0.2) is 57.9 Å². The summed E-state index contributed by atoms with van der Waals surface area (Å²) >= 11 is 6.15. The summed E-state index contributed by atoms with van der Waals surface area (Å²) in [5.74, 6) is 0. The van der Waals surface area contributed by atoms with Crippen molar-refractivity contribution >= 4 is 17.7 Å². The highest BCUT2D eigenvalue weighted by Crippen LogP contribution is 2.41. The van der Waals surface area contributed by atoms with Crippen molar-refractivity contribution in [2.24, 2.45) is 5.41 Å². The van der Waals surface area contributed by atoms with Crippen LogP contribution in [0.2, 0.25) is 5.02 Å². The Balaban J connectivity index is 1.47. The molecule has 0 aromatic carbocycles. The number of carbonyl (C=O) groups is 1. The molecule has 2 aliphatic heterocycles. The van der Waals surface area contributed by atoms with Crippen molar-refractivity contribution in [2.45, 2.75) is 45.8 Å². The molecule has 2 saturated heterocycles. The second kappa shape index (κ2) is 6.48. The molecule has 1 amide bonds. The molecule has 0 saturated carbocycles. The monoisotopic (exact) mass is 352 g/mol. The van der Waals surface area contributed by atoms with Crippen LogP contribution in [0.4, 0.5) is 4.79 Å². The molecule has 6 nitrogen and oxygen atoms in total. The number of hydrogen-bond donors (Lipinski definition) is 0. The summed E-state index contributed by atoms with van der Waals surface area (Å²) in [5.41, 5.74) is 0.725. The van der Waals surface area contributed by atoms with Gasteiger partial charge in [-0.2, -0.15) is 10.2 Å². The number of likely N-dealkylation sites (tertiary alicyclic amines) is 2. The molecule has 2 aliphatic rings. The summed E-state index contributed by atoms with van der Waals surface area (Å²) in [5, 5.41) is 8.68. The first-order chi connectivity index (χ1) is 11.3. The average molecular weight is 353 g/mol. The van der Waals surface area contributed by atoms with E-state index in [2.05, 4.69) is 15.1 Å². The minimum atomic E-state index is -0.435. The summed E-state index contributed by atoms with van der Waals surface area (Å²) in [6.07, 6.45) is 3.46.